The number of hydrogen-bond acceptors (Lipinski definition) is 3. The molecule has 3 nitrogen and oxygen atoms in total. The Morgan fingerprint density at radius 1 is 1.17 bits per heavy atom. The summed E-state index contributed by atoms with van der Waals surface area (Å²) in [4.78, 5) is 0. The second kappa shape index (κ2) is 6.32. The normalized spacial score (nSPS) is 10.5. The second-order valence-electron chi connectivity index (χ2n) is 4.31. The van der Waals surface area contributed by atoms with Crippen LogP contribution in [0.5, 0.6) is 11.5 Å². The van der Waals surface area contributed by atoms with E-state index in [2.05, 4.69) is 11.8 Å². The number of para-hydroxylation sites is 1. The Kier molecular flexibility index (Phi) is 5.06. The molecule has 1 rings (SSSR count). The Labute approximate surface area is 109 Å². The molecule has 0 fully saturated rings. The summed E-state index contributed by atoms with van der Waals surface area (Å²) in [6.07, 6.45) is 0. The summed E-state index contributed by atoms with van der Waals surface area (Å²) in [6, 6.07) is 5.57. The van der Waals surface area contributed by atoms with Crippen molar-refractivity contribution in [3.8, 4) is 23.3 Å². The summed E-state index contributed by atoms with van der Waals surface area (Å²) in [5, 5.41) is 9.63. The number of benzene rings is 1. The van der Waals surface area contributed by atoms with E-state index in [9.17, 15) is 5.11 Å². The van der Waals surface area contributed by atoms with Crippen molar-refractivity contribution in [2.24, 2.45) is 0 Å². The first kappa shape index (κ1) is 14.4. The van der Waals surface area contributed by atoms with Crippen LogP contribution in [0.1, 0.15) is 33.3 Å². The molecule has 0 aliphatic heterocycles. The molecule has 1 N–H and O–H groups in total. The lowest BCUT2D eigenvalue weighted by atomic mass is 10.1. The van der Waals surface area contributed by atoms with Crippen molar-refractivity contribution in [2.75, 3.05) is 13.2 Å². The van der Waals surface area contributed by atoms with Crippen molar-refractivity contribution in [3.63, 3.8) is 0 Å². The van der Waals surface area contributed by atoms with Crippen molar-refractivity contribution < 1.29 is 14.6 Å². The molecule has 0 unspecified atom stereocenters. The van der Waals surface area contributed by atoms with Gasteiger partial charge < -0.3 is 14.6 Å². The molecule has 0 aromatic heterocycles. The third-order valence-corrected chi connectivity index (χ3v) is 2.07. The topological polar surface area (TPSA) is 38.7 Å². The van der Waals surface area contributed by atoms with E-state index in [1.807, 2.05) is 32.0 Å². The highest BCUT2D eigenvalue weighted by Crippen LogP contribution is 2.30. The maximum Gasteiger partial charge on any atom is 0.176 e. The van der Waals surface area contributed by atoms with Gasteiger partial charge in [0, 0.05) is 0 Å². The third-order valence-electron chi connectivity index (χ3n) is 2.07. The molecular formula is C15H20O3. The van der Waals surface area contributed by atoms with Crippen molar-refractivity contribution in [1.29, 1.82) is 0 Å². The fourth-order valence-electron chi connectivity index (χ4n) is 1.40. The van der Waals surface area contributed by atoms with E-state index in [1.165, 1.54) is 0 Å². The monoisotopic (exact) mass is 248 g/mol. The van der Waals surface area contributed by atoms with Gasteiger partial charge in [0.1, 0.15) is 5.60 Å². The Hall–Kier alpha value is -1.66. The zero-order chi connectivity index (χ0) is 13.6. The highest BCUT2D eigenvalue weighted by Gasteiger charge is 2.10. The van der Waals surface area contributed by atoms with Crippen LogP contribution < -0.4 is 9.47 Å². The highest BCUT2D eigenvalue weighted by molar-refractivity contribution is 5.54. The SMILES string of the molecule is CCOc1cccc(C#CC(C)(C)O)c1OCC. The van der Waals surface area contributed by atoms with Crippen LogP contribution in [0, 0.1) is 11.8 Å². The minimum Gasteiger partial charge on any atom is -0.490 e. The number of ether oxygens (including phenoxy) is 2. The van der Waals surface area contributed by atoms with Gasteiger partial charge in [0.15, 0.2) is 11.5 Å². The third kappa shape index (κ3) is 4.31. The van der Waals surface area contributed by atoms with Crippen LogP contribution in [0.4, 0.5) is 0 Å². The minimum absolute atomic E-state index is 0.543. The van der Waals surface area contributed by atoms with Gasteiger partial charge in [-0.2, -0.15) is 0 Å². The standard InChI is InChI=1S/C15H20O3/c1-5-17-13-9-7-8-12(14(13)18-6-2)10-11-15(3,4)16/h7-9,16H,5-6H2,1-4H3. The zero-order valence-electron chi connectivity index (χ0n) is 11.4. The van der Waals surface area contributed by atoms with E-state index in [0.717, 1.165) is 5.56 Å². The van der Waals surface area contributed by atoms with Gasteiger partial charge in [0.25, 0.3) is 0 Å². The molecule has 0 atom stereocenters. The van der Waals surface area contributed by atoms with Crippen molar-refractivity contribution in [2.45, 2.75) is 33.3 Å². The second-order valence-corrected chi connectivity index (χ2v) is 4.31. The van der Waals surface area contributed by atoms with Crippen LogP contribution >= 0.6 is 0 Å². The summed E-state index contributed by atoms with van der Waals surface area (Å²) in [6.45, 7) is 8.24. The van der Waals surface area contributed by atoms with Crippen LogP contribution in [0.25, 0.3) is 0 Å². The molecular weight excluding hydrogens is 228 g/mol. The van der Waals surface area contributed by atoms with Gasteiger partial charge in [0.2, 0.25) is 0 Å². The molecule has 3 heteroatoms. The Bertz CT molecular complexity index is 447. The minimum atomic E-state index is -1.02. The first-order valence-corrected chi connectivity index (χ1v) is 6.12. The van der Waals surface area contributed by atoms with Crippen LogP contribution in [0.3, 0.4) is 0 Å². The maximum atomic E-state index is 9.63. The number of hydrogen-bond donors (Lipinski definition) is 1. The molecule has 0 amide bonds. The van der Waals surface area contributed by atoms with Gasteiger partial charge in [-0.05, 0) is 39.8 Å². The van der Waals surface area contributed by atoms with Gasteiger partial charge in [-0.15, -0.1) is 0 Å². The van der Waals surface area contributed by atoms with E-state index in [0.29, 0.717) is 24.7 Å². The fraction of sp³-hybridized carbons (Fsp3) is 0.467. The lowest BCUT2D eigenvalue weighted by Gasteiger charge is -2.12. The predicted octanol–water partition coefficient (Wildman–Crippen LogP) is 2.61. The van der Waals surface area contributed by atoms with Crippen LogP contribution in [-0.2, 0) is 0 Å². The van der Waals surface area contributed by atoms with Gasteiger partial charge in [-0.25, -0.2) is 0 Å². The molecule has 0 aliphatic carbocycles. The molecule has 0 saturated carbocycles. The van der Waals surface area contributed by atoms with Crippen LogP contribution in [-0.4, -0.2) is 23.9 Å². The number of aliphatic hydroxyl groups is 1. The molecule has 98 valence electrons. The first-order valence-electron chi connectivity index (χ1n) is 6.12. The van der Waals surface area contributed by atoms with E-state index >= 15 is 0 Å². The maximum absolute atomic E-state index is 9.63. The van der Waals surface area contributed by atoms with Crippen molar-refractivity contribution >= 4 is 0 Å². The summed E-state index contributed by atoms with van der Waals surface area (Å²) < 4.78 is 11.1. The summed E-state index contributed by atoms with van der Waals surface area (Å²) in [5.74, 6) is 7.03. The molecule has 0 heterocycles. The fourth-order valence-corrected chi connectivity index (χ4v) is 1.40. The van der Waals surface area contributed by atoms with Crippen molar-refractivity contribution in [1.82, 2.24) is 0 Å². The molecule has 0 bridgehead atoms. The molecule has 1 aromatic carbocycles. The summed E-state index contributed by atoms with van der Waals surface area (Å²) in [5.41, 5.74) is -0.296. The quantitative estimate of drug-likeness (QED) is 0.832. The lowest BCUT2D eigenvalue weighted by molar-refractivity contribution is 0.143. The molecule has 18 heavy (non-hydrogen) atoms. The largest absolute Gasteiger partial charge is 0.490 e. The van der Waals surface area contributed by atoms with E-state index in [1.54, 1.807) is 13.8 Å². The van der Waals surface area contributed by atoms with Gasteiger partial charge in [0.05, 0.1) is 18.8 Å². The highest BCUT2D eigenvalue weighted by atomic mass is 16.5. The Morgan fingerprint density at radius 2 is 1.83 bits per heavy atom. The van der Waals surface area contributed by atoms with E-state index in [4.69, 9.17) is 9.47 Å². The van der Waals surface area contributed by atoms with E-state index in [-0.39, 0.29) is 0 Å². The van der Waals surface area contributed by atoms with Gasteiger partial charge >= 0.3 is 0 Å². The van der Waals surface area contributed by atoms with Crippen LogP contribution in [0.2, 0.25) is 0 Å². The first-order chi connectivity index (χ1) is 8.48. The average Bonchev–Trinajstić information content (AvgIpc) is 2.29. The average molecular weight is 248 g/mol. The summed E-state index contributed by atoms with van der Waals surface area (Å²) in [7, 11) is 0. The Morgan fingerprint density at radius 3 is 2.39 bits per heavy atom. The molecule has 0 aliphatic rings. The molecule has 0 saturated heterocycles. The Balaban J connectivity index is 3.16. The summed E-state index contributed by atoms with van der Waals surface area (Å²) >= 11 is 0. The van der Waals surface area contributed by atoms with Gasteiger partial charge in [-0.1, -0.05) is 17.9 Å². The van der Waals surface area contributed by atoms with E-state index < -0.39 is 5.60 Å². The number of rotatable bonds is 4. The predicted molar refractivity (Wildman–Crippen MR) is 72.0 cm³/mol. The van der Waals surface area contributed by atoms with Gasteiger partial charge in [-0.3, -0.25) is 0 Å². The molecule has 0 spiro atoms. The smallest absolute Gasteiger partial charge is 0.176 e. The van der Waals surface area contributed by atoms with Crippen molar-refractivity contribution in [3.05, 3.63) is 23.8 Å². The van der Waals surface area contributed by atoms with Crippen LogP contribution in [0.15, 0.2) is 18.2 Å². The lowest BCUT2D eigenvalue weighted by Crippen LogP contribution is -2.14. The molecule has 1 aromatic rings. The molecule has 0 radical (unpaired) electrons. The zero-order valence-corrected chi connectivity index (χ0v) is 11.4.